The monoisotopic (exact) mass is 423 g/mol. The number of nitrogens with one attached hydrogen (secondary N) is 1. The van der Waals surface area contributed by atoms with Crippen LogP contribution in [0.1, 0.15) is 17.0 Å². The summed E-state index contributed by atoms with van der Waals surface area (Å²) in [6.45, 7) is 0.776. The molecule has 0 radical (unpaired) electrons. The summed E-state index contributed by atoms with van der Waals surface area (Å²) in [5.74, 6) is -0.196. The third-order valence-electron chi connectivity index (χ3n) is 4.59. The zero-order valence-corrected chi connectivity index (χ0v) is 16.1. The fraction of sp³-hybridized carbons (Fsp3) is 0.368. The minimum atomic E-state index is -4.41. The number of hydrogen-bond acceptors (Lipinski definition) is 5. The maximum Gasteiger partial charge on any atom is 0.416 e. The molecule has 1 aliphatic heterocycles. The van der Waals surface area contributed by atoms with Gasteiger partial charge in [0.05, 0.1) is 37.8 Å². The largest absolute Gasteiger partial charge is 0.416 e. The van der Waals surface area contributed by atoms with Crippen molar-refractivity contribution in [3.05, 3.63) is 53.6 Å². The van der Waals surface area contributed by atoms with Crippen LogP contribution in [0.5, 0.6) is 0 Å². The number of nitrogens with zero attached hydrogens (tertiary/aromatic N) is 4. The molecule has 2 heterocycles. The predicted octanol–water partition coefficient (Wildman–Crippen LogP) is 1.48. The zero-order chi connectivity index (χ0) is 21.7. The Balaban J connectivity index is 1.54. The SMILES string of the molecule is COCC1Cn2ncnc2CN1C(=O)CNC(=O)/C=C/c1ccc(C(F)(F)F)cc1. The topological polar surface area (TPSA) is 89.3 Å². The predicted molar refractivity (Wildman–Crippen MR) is 99.7 cm³/mol. The summed E-state index contributed by atoms with van der Waals surface area (Å²) >= 11 is 0. The third kappa shape index (κ3) is 5.23. The number of fused-ring (bicyclic) bond motifs is 1. The van der Waals surface area contributed by atoms with E-state index in [2.05, 4.69) is 15.4 Å². The standard InChI is InChI=1S/C19H20F3N5O3/c1-30-11-15-9-27-16(24-12-25-27)10-26(15)18(29)8-23-17(28)7-4-13-2-5-14(6-3-13)19(20,21)22/h2-7,12,15H,8-11H2,1H3,(H,23,28)/b7-4+. The summed E-state index contributed by atoms with van der Waals surface area (Å²) in [6, 6.07) is 4.16. The molecule has 0 aliphatic carbocycles. The molecule has 11 heteroatoms. The Morgan fingerprint density at radius 1 is 1.30 bits per heavy atom. The van der Waals surface area contributed by atoms with E-state index in [-0.39, 0.29) is 25.0 Å². The molecule has 0 spiro atoms. The quantitative estimate of drug-likeness (QED) is 0.711. The normalized spacial score (nSPS) is 16.5. The Morgan fingerprint density at radius 2 is 2.03 bits per heavy atom. The molecule has 3 rings (SSSR count). The van der Waals surface area contributed by atoms with Crippen LogP contribution in [0.4, 0.5) is 13.2 Å². The molecular weight excluding hydrogens is 403 g/mol. The van der Waals surface area contributed by atoms with E-state index in [9.17, 15) is 22.8 Å². The molecular formula is C19H20F3N5O3. The minimum absolute atomic E-state index is 0.232. The van der Waals surface area contributed by atoms with Crippen LogP contribution in [-0.2, 0) is 33.6 Å². The smallest absolute Gasteiger partial charge is 0.382 e. The van der Waals surface area contributed by atoms with Gasteiger partial charge < -0.3 is 15.0 Å². The van der Waals surface area contributed by atoms with Crippen LogP contribution in [0.25, 0.3) is 6.08 Å². The van der Waals surface area contributed by atoms with Gasteiger partial charge in [0.1, 0.15) is 12.2 Å². The van der Waals surface area contributed by atoms with Crippen LogP contribution in [0.3, 0.4) is 0 Å². The van der Waals surface area contributed by atoms with E-state index >= 15 is 0 Å². The molecule has 8 nitrogen and oxygen atoms in total. The number of hydrogen-bond donors (Lipinski definition) is 1. The van der Waals surface area contributed by atoms with E-state index in [1.807, 2.05) is 0 Å². The highest BCUT2D eigenvalue weighted by atomic mass is 19.4. The summed E-state index contributed by atoms with van der Waals surface area (Å²) < 4.78 is 44.6. The number of benzene rings is 1. The molecule has 160 valence electrons. The second-order valence-corrected chi connectivity index (χ2v) is 6.66. The van der Waals surface area contributed by atoms with Crippen molar-refractivity contribution in [3.63, 3.8) is 0 Å². The molecule has 1 atom stereocenters. The van der Waals surface area contributed by atoms with Crippen molar-refractivity contribution in [3.8, 4) is 0 Å². The van der Waals surface area contributed by atoms with Crippen LogP contribution in [0, 0.1) is 0 Å². The van der Waals surface area contributed by atoms with E-state index in [1.54, 1.807) is 9.58 Å². The second-order valence-electron chi connectivity index (χ2n) is 6.66. The Bertz CT molecular complexity index is 924. The van der Waals surface area contributed by atoms with Gasteiger partial charge in [-0.1, -0.05) is 12.1 Å². The van der Waals surface area contributed by atoms with Gasteiger partial charge in [-0.3, -0.25) is 9.59 Å². The summed E-state index contributed by atoms with van der Waals surface area (Å²) in [4.78, 5) is 30.3. The van der Waals surface area contributed by atoms with E-state index in [4.69, 9.17) is 4.74 Å². The Morgan fingerprint density at radius 3 is 2.70 bits per heavy atom. The lowest BCUT2D eigenvalue weighted by atomic mass is 10.1. The van der Waals surface area contributed by atoms with Crippen LogP contribution in [0.15, 0.2) is 36.7 Å². The van der Waals surface area contributed by atoms with Crippen molar-refractivity contribution in [2.24, 2.45) is 0 Å². The molecule has 1 aromatic carbocycles. The van der Waals surface area contributed by atoms with E-state index in [0.29, 0.717) is 24.5 Å². The summed E-state index contributed by atoms with van der Waals surface area (Å²) in [7, 11) is 1.54. The lowest BCUT2D eigenvalue weighted by Gasteiger charge is -2.35. The number of halogens is 3. The van der Waals surface area contributed by atoms with Crippen LogP contribution in [-0.4, -0.2) is 57.8 Å². The van der Waals surface area contributed by atoms with E-state index in [1.165, 1.54) is 31.6 Å². The average molecular weight is 423 g/mol. The molecule has 1 N–H and O–H groups in total. The van der Waals surface area contributed by atoms with Gasteiger partial charge in [0, 0.05) is 13.2 Å². The molecule has 2 aromatic rings. The highest BCUT2D eigenvalue weighted by Gasteiger charge is 2.31. The van der Waals surface area contributed by atoms with Gasteiger partial charge >= 0.3 is 6.18 Å². The molecule has 1 aliphatic rings. The fourth-order valence-electron chi connectivity index (χ4n) is 3.05. The Labute approximate surface area is 170 Å². The van der Waals surface area contributed by atoms with Gasteiger partial charge in [-0.25, -0.2) is 9.67 Å². The molecule has 1 aromatic heterocycles. The number of carbonyl (C=O) groups is 2. The highest BCUT2D eigenvalue weighted by Crippen LogP contribution is 2.29. The number of aromatic nitrogens is 3. The van der Waals surface area contributed by atoms with Gasteiger partial charge in [0.25, 0.3) is 0 Å². The number of rotatable bonds is 6. The number of alkyl halides is 3. The second kappa shape index (κ2) is 9.08. The summed E-state index contributed by atoms with van der Waals surface area (Å²) in [5.41, 5.74) is -0.335. The lowest BCUT2D eigenvalue weighted by molar-refractivity contribution is -0.138. The molecule has 2 amide bonds. The minimum Gasteiger partial charge on any atom is -0.382 e. The first-order valence-corrected chi connectivity index (χ1v) is 9.06. The molecule has 30 heavy (non-hydrogen) atoms. The molecule has 0 saturated carbocycles. The molecule has 1 unspecified atom stereocenters. The lowest BCUT2D eigenvalue weighted by Crippen LogP contribution is -2.51. The van der Waals surface area contributed by atoms with Crippen molar-refractivity contribution < 1.29 is 27.5 Å². The maximum absolute atomic E-state index is 12.6. The van der Waals surface area contributed by atoms with Crippen LogP contribution >= 0.6 is 0 Å². The number of methoxy groups -OCH3 is 1. The Kier molecular flexibility index (Phi) is 6.50. The van der Waals surface area contributed by atoms with Gasteiger partial charge in [0.2, 0.25) is 11.8 Å². The zero-order valence-electron chi connectivity index (χ0n) is 16.1. The highest BCUT2D eigenvalue weighted by molar-refractivity contribution is 5.94. The number of ether oxygens (including phenoxy) is 1. The fourth-order valence-corrected chi connectivity index (χ4v) is 3.05. The van der Waals surface area contributed by atoms with Crippen molar-refractivity contribution in [2.75, 3.05) is 20.3 Å². The first-order chi connectivity index (χ1) is 14.3. The van der Waals surface area contributed by atoms with Crippen molar-refractivity contribution in [2.45, 2.75) is 25.3 Å². The van der Waals surface area contributed by atoms with Crippen molar-refractivity contribution >= 4 is 17.9 Å². The van der Waals surface area contributed by atoms with Crippen LogP contribution in [0.2, 0.25) is 0 Å². The van der Waals surface area contributed by atoms with Crippen LogP contribution < -0.4 is 5.32 Å². The van der Waals surface area contributed by atoms with E-state index < -0.39 is 17.6 Å². The van der Waals surface area contributed by atoms with Gasteiger partial charge in [0.15, 0.2) is 0 Å². The van der Waals surface area contributed by atoms with Crippen molar-refractivity contribution in [1.82, 2.24) is 25.0 Å². The molecule has 0 bridgehead atoms. The molecule has 0 saturated heterocycles. The van der Waals surface area contributed by atoms with E-state index in [0.717, 1.165) is 18.2 Å². The number of carbonyl (C=O) groups excluding carboxylic acids is 2. The molecule has 0 fully saturated rings. The third-order valence-corrected chi connectivity index (χ3v) is 4.59. The van der Waals surface area contributed by atoms with Gasteiger partial charge in [-0.15, -0.1) is 0 Å². The summed E-state index contributed by atoms with van der Waals surface area (Å²) in [6.07, 6.45) is -0.463. The Hall–Kier alpha value is -3.21. The van der Waals surface area contributed by atoms with Gasteiger partial charge in [-0.05, 0) is 23.8 Å². The first kappa shape index (κ1) is 21.5. The first-order valence-electron chi connectivity index (χ1n) is 9.06. The van der Waals surface area contributed by atoms with Crippen molar-refractivity contribution in [1.29, 1.82) is 0 Å². The maximum atomic E-state index is 12.6. The average Bonchev–Trinajstić information content (AvgIpc) is 3.17. The summed E-state index contributed by atoms with van der Waals surface area (Å²) in [5, 5.41) is 6.59. The van der Waals surface area contributed by atoms with Gasteiger partial charge in [-0.2, -0.15) is 18.3 Å². The number of amides is 2.